The largest absolute Gasteiger partial charge is 0.417 e. The Hall–Kier alpha value is -2.70. The van der Waals surface area contributed by atoms with E-state index in [4.69, 9.17) is 11.6 Å². The quantitative estimate of drug-likeness (QED) is 0.581. The number of hydrazine groups is 1. The minimum absolute atomic E-state index is 0.0525. The number of pyridine rings is 1. The molecule has 13 heteroatoms. The van der Waals surface area contributed by atoms with Crippen LogP contribution in [0, 0.1) is 0 Å². The normalized spacial score (nSPS) is 11.7. The summed E-state index contributed by atoms with van der Waals surface area (Å²) in [7, 11) is -4.32. The number of nitrogens with zero attached hydrogens (tertiary/aromatic N) is 1. The van der Waals surface area contributed by atoms with Gasteiger partial charge in [-0.1, -0.05) is 17.7 Å². The summed E-state index contributed by atoms with van der Waals surface area (Å²) in [6, 6.07) is 6.71. The van der Waals surface area contributed by atoms with Gasteiger partial charge in [0.05, 0.1) is 15.5 Å². The number of sulfonamides is 1. The van der Waals surface area contributed by atoms with E-state index in [0.717, 1.165) is 12.1 Å². The van der Waals surface area contributed by atoms with Gasteiger partial charge in [-0.25, -0.2) is 13.1 Å². The van der Waals surface area contributed by atoms with Crippen LogP contribution in [0.2, 0.25) is 5.02 Å². The Balaban J connectivity index is 1.89. The molecule has 1 aromatic heterocycles. The fourth-order valence-electron chi connectivity index (χ4n) is 2.02. The molecule has 1 heterocycles. The standard InChI is InChI=1S/C16H14ClF3N4O4S/c17-12-5-4-10(9-11(12)16(18,19)20)29(27,28)22-8-6-14(25)23-24-15(26)13-3-1-2-7-21-13/h1-5,7,9,22H,6,8H2,(H,23,25)(H,24,26). The Morgan fingerprint density at radius 1 is 1.10 bits per heavy atom. The minimum Gasteiger partial charge on any atom is -0.273 e. The van der Waals surface area contributed by atoms with Crippen LogP contribution >= 0.6 is 11.6 Å². The van der Waals surface area contributed by atoms with Gasteiger partial charge in [0, 0.05) is 19.2 Å². The van der Waals surface area contributed by atoms with Gasteiger partial charge < -0.3 is 0 Å². The molecule has 8 nitrogen and oxygen atoms in total. The van der Waals surface area contributed by atoms with Gasteiger partial charge in [0.25, 0.3) is 5.91 Å². The maximum absolute atomic E-state index is 12.9. The first-order valence-electron chi connectivity index (χ1n) is 7.87. The Morgan fingerprint density at radius 2 is 1.83 bits per heavy atom. The molecular formula is C16H14ClF3N4O4S. The number of alkyl halides is 3. The molecule has 0 unspecified atom stereocenters. The van der Waals surface area contributed by atoms with Crippen LogP contribution in [0.3, 0.4) is 0 Å². The maximum Gasteiger partial charge on any atom is 0.417 e. The lowest BCUT2D eigenvalue weighted by Crippen LogP contribution is -2.43. The van der Waals surface area contributed by atoms with Gasteiger partial charge in [-0.15, -0.1) is 0 Å². The number of amides is 2. The molecule has 156 valence electrons. The molecule has 0 saturated heterocycles. The Labute approximate surface area is 168 Å². The van der Waals surface area contributed by atoms with E-state index in [0.29, 0.717) is 6.07 Å². The molecule has 0 aliphatic heterocycles. The zero-order valence-electron chi connectivity index (χ0n) is 14.5. The lowest BCUT2D eigenvalue weighted by molar-refractivity contribution is -0.137. The van der Waals surface area contributed by atoms with E-state index in [1.807, 2.05) is 4.72 Å². The highest BCUT2D eigenvalue weighted by Crippen LogP contribution is 2.35. The minimum atomic E-state index is -4.83. The Bertz CT molecular complexity index is 1000. The van der Waals surface area contributed by atoms with Crippen molar-refractivity contribution < 1.29 is 31.2 Å². The van der Waals surface area contributed by atoms with Gasteiger partial charge in [0.15, 0.2) is 0 Å². The molecule has 3 N–H and O–H groups in total. The summed E-state index contributed by atoms with van der Waals surface area (Å²) in [6.07, 6.45) is -3.83. The summed E-state index contributed by atoms with van der Waals surface area (Å²) >= 11 is 5.45. The number of hydrogen-bond donors (Lipinski definition) is 3. The number of benzene rings is 1. The second-order valence-corrected chi connectivity index (χ2v) is 7.68. The molecule has 0 fully saturated rings. The molecule has 0 aliphatic rings. The molecule has 0 spiro atoms. The van der Waals surface area contributed by atoms with Crippen molar-refractivity contribution in [3.05, 3.63) is 58.9 Å². The maximum atomic E-state index is 12.9. The molecule has 0 radical (unpaired) electrons. The predicted octanol–water partition coefficient (Wildman–Crippen LogP) is 1.88. The van der Waals surface area contributed by atoms with Crippen molar-refractivity contribution in [1.82, 2.24) is 20.6 Å². The van der Waals surface area contributed by atoms with Crippen molar-refractivity contribution in [2.45, 2.75) is 17.5 Å². The second kappa shape index (κ2) is 9.20. The Morgan fingerprint density at radius 3 is 2.45 bits per heavy atom. The van der Waals surface area contributed by atoms with Crippen LogP contribution in [0.4, 0.5) is 13.2 Å². The third-order valence-corrected chi connectivity index (χ3v) is 5.20. The summed E-state index contributed by atoms with van der Waals surface area (Å²) < 4.78 is 64.8. The number of rotatable bonds is 6. The van der Waals surface area contributed by atoms with Crippen LogP contribution in [0.25, 0.3) is 0 Å². The average molecular weight is 451 g/mol. The zero-order valence-corrected chi connectivity index (χ0v) is 16.0. The molecule has 0 atom stereocenters. The number of nitrogens with one attached hydrogen (secondary N) is 3. The smallest absolute Gasteiger partial charge is 0.273 e. The van der Waals surface area contributed by atoms with Gasteiger partial charge in [-0.05, 0) is 30.3 Å². The second-order valence-electron chi connectivity index (χ2n) is 5.50. The molecule has 2 rings (SSSR count). The van der Waals surface area contributed by atoms with Crippen LogP contribution in [0.1, 0.15) is 22.5 Å². The third-order valence-electron chi connectivity index (χ3n) is 3.41. The lowest BCUT2D eigenvalue weighted by Gasteiger charge is -2.12. The predicted molar refractivity (Wildman–Crippen MR) is 96.1 cm³/mol. The fourth-order valence-corrected chi connectivity index (χ4v) is 3.30. The van der Waals surface area contributed by atoms with Gasteiger partial charge in [0.2, 0.25) is 15.9 Å². The molecule has 1 aromatic carbocycles. The molecular weight excluding hydrogens is 437 g/mol. The van der Waals surface area contributed by atoms with Gasteiger partial charge in [0.1, 0.15) is 5.69 Å². The summed E-state index contributed by atoms with van der Waals surface area (Å²) in [5.41, 5.74) is 2.91. The number of halogens is 4. The molecule has 0 aliphatic carbocycles. The summed E-state index contributed by atoms with van der Waals surface area (Å²) in [5.74, 6) is -1.41. The lowest BCUT2D eigenvalue weighted by atomic mass is 10.2. The van der Waals surface area contributed by atoms with Crippen molar-refractivity contribution >= 4 is 33.4 Å². The zero-order chi connectivity index (χ0) is 21.7. The molecule has 29 heavy (non-hydrogen) atoms. The van der Waals surface area contributed by atoms with E-state index in [1.165, 1.54) is 12.3 Å². The first-order valence-corrected chi connectivity index (χ1v) is 9.73. The molecule has 0 saturated carbocycles. The van der Waals surface area contributed by atoms with Crippen LogP contribution in [0.5, 0.6) is 0 Å². The van der Waals surface area contributed by atoms with Crippen molar-refractivity contribution in [3.8, 4) is 0 Å². The van der Waals surface area contributed by atoms with Crippen molar-refractivity contribution in [1.29, 1.82) is 0 Å². The number of carbonyl (C=O) groups is 2. The van der Waals surface area contributed by atoms with Crippen molar-refractivity contribution in [3.63, 3.8) is 0 Å². The summed E-state index contributed by atoms with van der Waals surface area (Å²) in [6.45, 7) is -0.419. The highest BCUT2D eigenvalue weighted by atomic mass is 35.5. The van der Waals surface area contributed by atoms with Crippen molar-refractivity contribution in [2.75, 3.05) is 6.54 Å². The first-order chi connectivity index (χ1) is 13.5. The topological polar surface area (TPSA) is 117 Å². The highest BCUT2D eigenvalue weighted by molar-refractivity contribution is 7.89. The number of carbonyl (C=O) groups excluding carboxylic acids is 2. The monoisotopic (exact) mass is 450 g/mol. The summed E-state index contributed by atoms with van der Waals surface area (Å²) in [5, 5.41) is -0.639. The number of hydrogen-bond acceptors (Lipinski definition) is 5. The number of aromatic nitrogens is 1. The van der Waals surface area contributed by atoms with Crippen molar-refractivity contribution in [2.24, 2.45) is 0 Å². The van der Waals surface area contributed by atoms with E-state index in [1.54, 1.807) is 12.1 Å². The molecule has 2 amide bonds. The van der Waals surface area contributed by atoms with E-state index in [-0.39, 0.29) is 12.1 Å². The fraction of sp³-hybridized carbons (Fsp3) is 0.188. The molecule has 0 bridgehead atoms. The average Bonchev–Trinajstić information content (AvgIpc) is 2.66. The van der Waals surface area contributed by atoms with E-state index in [9.17, 15) is 31.2 Å². The van der Waals surface area contributed by atoms with Gasteiger partial charge in [-0.3, -0.25) is 25.4 Å². The van der Waals surface area contributed by atoms with Crippen LogP contribution in [-0.4, -0.2) is 31.8 Å². The first kappa shape index (κ1) is 22.6. The van der Waals surface area contributed by atoms with Crippen LogP contribution in [-0.2, 0) is 21.0 Å². The Kier molecular flexibility index (Phi) is 7.16. The third kappa shape index (κ3) is 6.41. The van der Waals surface area contributed by atoms with Crippen LogP contribution in [0.15, 0.2) is 47.5 Å². The van der Waals surface area contributed by atoms with E-state index < -0.39 is 50.0 Å². The van der Waals surface area contributed by atoms with E-state index in [2.05, 4.69) is 15.8 Å². The summed E-state index contributed by atoms with van der Waals surface area (Å²) in [4.78, 5) is 26.5. The van der Waals surface area contributed by atoms with Gasteiger partial charge in [-0.2, -0.15) is 13.2 Å². The highest BCUT2D eigenvalue weighted by Gasteiger charge is 2.34. The van der Waals surface area contributed by atoms with E-state index >= 15 is 0 Å². The van der Waals surface area contributed by atoms with Crippen LogP contribution < -0.4 is 15.6 Å². The SMILES string of the molecule is O=C(CCNS(=O)(=O)c1ccc(Cl)c(C(F)(F)F)c1)NNC(=O)c1ccccn1. The van der Waals surface area contributed by atoms with Gasteiger partial charge >= 0.3 is 6.18 Å². The molecule has 2 aromatic rings.